The number of benzene rings is 1. The fourth-order valence-corrected chi connectivity index (χ4v) is 2.64. The van der Waals surface area contributed by atoms with Crippen LogP contribution in [-0.4, -0.2) is 9.97 Å². The first-order valence-electron chi connectivity index (χ1n) is 6.78. The maximum absolute atomic E-state index is 5.81. The first-order chi connectivity index (χ1) is 9.72. The molecule has 1 aromatic carbocycles. The summed E-state index contributed by atoms with van der Waals surface area (Å²) >= 11 is 4.96. The lowest BCUT2D eigenvalue weighted by atomic mass is 9.92. The molecule has 102 valence electrons. The van der Waals surface area contributed by atoms with Crippen molar-refractivity contribution in [2.75, 3.05) is 0 Å². The van der Waals surface area contributed by atoms with E-state index in [1.165, 1.54) is 30.4 Å². The average Bonchev–Trinajstić information content (AvgIpc) is 2.47. The topological polar surface area (TPSA) is 48.1 Å². The van der Waals surface area contributed by atoms with Crippen molar-refractivity contribution in [2.45, 2.75) is 25.7 Å². The number of rotatable bonds is 3. The van der Waals surface area contributed by atoms with E-state index < -0.39 is 0 Å². The Labute approximate surface area is 123 Å². The second-order valence-electron chi connectivity index (χ2n) is 4.99. The Bertz CT molecular complexity index is 655. The highest BCUT2D eigenvalue weighted by atomic mass is 32.1. The molecule has 4 heteroatoms. The summed E-state index contributed by atoms with van der Waals surface area (Å²) < 4.78 is 5.81. The number of aromatic nitrogens is 1. The zero-order valence-corrected chi connectivity index (χ0v) is 12.0. The summed E-state index contributed by atoms with van der Waals surface area (Å²) in [7, 11) is 0. The fourth-order valence-electron chi connectivity index (χ4n) is 2.51. The van der Waals surface area contributed by atoms with Gasteiger partial charge in [-0.15, -0.1) is 0 Å². The van der Waals surface area contributed by atoms with Gasteiger partial charge in [-0.1, -0.05) is 18.3 Å². The molecule has 2 N–H and O–H groups in total. The number of pyridine rings is 1. The van der Waals surface area contributed by atoms with Crippen LogP contribution >= 0.6 is 12.2 Å². The number of hydrogen-bond acceptors (Lipinski definition) is 3. The number of aryl methyl sites for hydroxylation is 2. The molecule has 0 bridgehead atoms. The van der Waals surface area contributed by atoms with Crippen molar-refractivity contribution in [1.29, 1.82) is 0 Å². The van der Waals surface area contributed by atoms with E-state index in [9.17, 15) is 0 Å². The highest BCUT2D eigenvalue weighted by Crippen LogP contribution is 2.27. The van der Waals surface area contributed by atoms with E-state index in [4.69, 9.17) is 22.7 Å². The molecule has 3 rings (SSSR count). The quantitative estimate of drug-likeness (QED) is 0.878. The number of fused-ring (bicyclic) bond motifs is 1. The number of ether oxygens (including phenoxy) is 1. The molecule has 1 heterocycles. The predicted molar refractivity (Wildman–Crippen MR) is 83.3 cm³/mol. The van der Waals surface area contributed by atoms with Crippen LogP contribution in [0.3, 0.4) is 0 Å². The Kier molecular flexibility index (Phi) is 3.65. The molecule has 1 aliphatic carbocycles. The summed E-state index contributed by atoms with van der Waals surface area (Å²) in [5.41, 5.74) is 9.21. The molecule has 20 heavy (non-hydrogen) atoms. The Balaban J connectivity index is 1.84. The highest BCUT2D eigenvalue weighted by Gasteiger charge is 2.10. The first kappa shape index (κ1) is 13.1. The lowest BCUT2D eigenvalue weighted by Crippen LogP contribution is -2.09. The molecule has 0 spiro atoms. The number of hydrogen-bond donors (Lipinski definition) is 1. The van der Waals surface area contributed by atoms with Crippen LogP contribution in [0.15, 0.2) is 36.5 Å². The molecule has 3 nitrogen and oxygen atoms in total. The summed E-state index contributed by atoms with van der Waals surface area (Å²) in [5, 5.41) is 0. The maximum atomic E-state index is 5.81. The molecule has 0 saturated carbocycles. The second kappa shape index (κ2) is 5.59. The van der Waals surface area contributed by atoms with Gasteiger partial charge < -0.3 is 10.5 Å². The van der Waals surface area contributed by atoms with Crippen LogP contribution in [0, 0.1) is 0 Å². The van der Waals surface area contributed by atoms with Crippen molar-refractivity contribution in [1.82, 2.24) is 4.98 Å². The zero-order valence-electron chi connectivity index (χ0n) is 11.1. The van der Waals surface area contributed by atoms with Gasteiger partial charge in [0.1, 0.15) is 10.7 Å². The zero-order chi connectivity index (χ0) is 13.9. The van der Waals surface area contributed by atoms with Crippen molar-refractivity contribution in [2.24, 2.45) is 5.73 Å². The lowest BCUT2D eigenvalue weighted by molar-refractivity contribution is 0.461. The van der Waals surface area contributed by atoms with E-state index in [2.05, 4.69) is 17.1 Å². The molecule has 0 amide bonds. The minimum absolute atomic E-state index is 0.350. The lowest BCUT2D eigenvalue weighted by Gasteiger charge is -2.16. The van der Waals surface area contributed by atoms with Crippen LogP contribution in [0.25, 0.3) is 0 Å². The van der Waals surface area contributed by atoms with E-state index in [0.29, 0.717) is 10.9 Å². The Hall–Kier alpha value is -1.94. The van der Waals surface area contributed by atoms with Crippen molar-refractivity contribution >= 4 is 17.2 Å². The van der Waals surface area contributed by atoms with Crippen molar-refractivity contribution in [3.8, 4) is 11.6 Å². The van der Waals surface area contributed by atoms with E-state index in [-0.39, 0.29) is 0 Å². The normalized spacial score (nSPS) is 13.6. The van der Waals surface area contributed by atoms with Crippen molar-refractivity contribution in [3.63, 3.8) is 0 Å². The van der Waals surface area contributed by atoms with Gasteiger partial charge in [0.05, 0.1) is 0 Å². The third-order valence-electron chi connectivity index (χ3n) is 3.56. The van der Waals surface area contributed by atoms with Crippen LogP contribution < -0.4 is 10.5 Å². The molecule has 1 aliphatic rings. The largest absolute Gasteiger partial charge is 0.439 e. The van der Waals surface area contributed by atoms with E-state index in [1.807, 2.05) is 6.07 Å². The van der Waals surface area contributed by atoms with Gasteiger partial charge in [0.2, 0.25) is 5.88 Å². The van der Waals surface area contributed by atoms with Crippen molar-refractivity contribution in [3.05, 3.63) is 53.2 Å². The summed E-state index contributed by atoms with van der Waals surface area (Å²) in [6.45, 7) is 0. The van der Waals surface area contributed by atoms with Crippen LogP contribution in [0.4, 0.5) is 0 Å². The smallest absolute Gasteiger partial charge is 0.219 e. The van der Waals surface area contributed by atoms with Gasteiger partial charge in [-0.2, -0.15) is 0 Å². The van der Waals surface area contributed by atoms with Crippen molar-refractivity contribution < 1.29 is 4.74 Å². The van der Waals surface area contributed by atoms with Crippen LogP contribution in [0.2, 0.25) is 0 Å². The summed E-state index contributed by atoms with van der Waals surface area (Å²) in [5.74, 6) is 1.34. The van der Waals surface area contributed by atoms with Gasteiger partial charge >= 0.3 is 0 Å². The molecule has 2 aromatic rings. The van der Waals surface area contributed by atoms with E-state index in [0.717, 1.165) is 17.7 Å². The Morgan fingerprint density at radius 2 is 1.90 bits per heavy atom. The molecule has 1 aromatic heterocycles. The minimum atomic E-state index is 0.350. The molecule has 0 unspecified atom stereocenters. The van der Waals surface area contributed by atoms with Crippen LogP contribution in [-0.2, 0) is 12.8 Å². The maximum Gasteiger partial charge on any atom is 0.219 e. The molecule has 0 radical (unpaired) electrons. The second-order valence-corrected chi connectivity index (χ2v) is 5.43. The molecule has 0 fully saturated rings. The molecule has 0 atom stereocenters. The van der Waals surface area contributed by atoms with Gasteiger partial charge in [-0.3, -0.25) is 0 Å². The number of nitrogens with zero attached hydrogens (tertiary/aromatic N) is 1. The highest BCUT2D eigenvalue weighted by molar-refractivity contribution is 7.80. The first-order valence-corrected chi connectivity index (χ1v) is 7.19. The van der Waals surface area contributed by atoms with Crippen LogP contribution in [0.1, 0.15) is 29.5 Å². The fraction of sp³-hybridized carbons (Fsp3) is 0.250. The third-order valence-corrected chi connectivity index (χ3v) is 3.80. The molecule has 0 aliphatic heterocycles. The summed E-state index contributed by atoms with van der Waals surface area (Å²) in [4.78, 5) is 4.54. The van der Waals surface area contributed by atoms with Gasteiger partial charge in [0, 0.05) is 17.8 Å². The molecular weight excluding hydrogens is 268 g/mol. The third kappa shape index (κ3) is 2.80. The summed E-state index contributed by atoms with van der Waals surface area (Å²) in [6.07, 6.45) is 6.50. The standard InChI is InChI=1S/C16H16N2OS/c17-16(20)13-7-8-18-15(10-13)19-14-6-5-11-3-1-2-4-12(11)9-14/h5-10H,1-4H2,(H2,17,20). The Morgan fingerprint density at radius 3 is 2.70 bits per heavy atom. The molecular formula is C16H16N2OS. The predicted octanol–water partition coefficient (Wildman–Crippen LogP) is 3.39. The average molecular weight is 284 g/mol. The van der Waals surface area contributed by atoms with Gasteiger partial charge in [0.25, 0.3) is 0 Å². The number of thiocarbonyl (C=S) groups is 1. The summed E-state index contributed by atoms with van der Waals surface area (Å²) in [6, 6.07) is 9.81. The Morgan fingerprint density at radius 1 is 1.10 bits per heavy atom. The van der Waals surface area contributed by atoms with E-state index >= 15 is 0 Å². The SMILES string of the molecule is NC(=S)c1ccnc(Oc2ccc3c(c2)CCCC3)c1. The van der Waals surface area contributed by atoms with Gasteiger partial charge in [-0.25, -0.2) is 4.98 Å². The van der Waals surface area contributed by atoms with E-state index in [1.54, 1.807) is 18.3 Å². The number of nitrogens with two attached hydrogens (primary N) is 1. The monoisotopic (exact) mass is 284 g/mol. The van der Waals surface area contributed by atoms with Crippen LogP contribution in [0.5, 0.6) is 11.6 Å². The van der Waals surface area contributed by atoms with Gasteiger partial charge in [-0.05, 0) is 55.0 Å². The minimum Gasteiger partial charge on any atom is -0.439 e. The molecule has 0 saturated heterocycles. The van der Waals surface area contributed by atoms with Gasteiger partial charge in [0.15, 0.2) is 0 Å².